The maximum atomic E-state index is 5.72. The normalized spacial score (nSPS) is 24.5. The van der Waals surface area contributed by atoms with Gasteiger partial charge in [-0.15, -0.1) is 5.10 Å². The molecule has 1 atom stereocenters. The SMILES string of the molecule is CCC1COCCN1c1nnc(CNC2CC2)o1. The van der Waals surface area contributed by atoms with E-state index in [1.807, 2.05) is 0 Å². The van der Waals surface area contributed by atoms with E-state index in [1.165, 1.54) is 12.8 Å². The number of ether oxygens (including phenoxy) is 1. The van der Waals surface area contributed by atoms with Crippen molar-refractivity contribution in [2.75, 3.05) is 24.7 Å². The lowest BCUT2D eigenvalue weighted by molar-refractivity contribution is 0.0899. The summed E-state index contributed by atoms with van der Waals surface area (Å²) in [5.41, 5.74) is 0. The van der Waals surface area contributed by atoms with Crippen LogP contribution in [-0.4, -0.2) is 42.0 Å². The van der Waals surface area contributed by atoms with Crippen molar-refractivity contribution in [1.29, 1.82) is 0 Å². The lowest BCUT2D eigenvalue weighted by Crippen LogP contribution is -2.45. The van der Waals surface area contributed by atoms with Gasteiger partial charge in [-0.25, -0.2) is 0 Å². The van der Waals surface area contributed by atoms with Crippen molar-refractivity contribution in [2.45, 2.75) is 44.8 Å². The summed E-state index contributed by atoms with van der Waals surface area (Å²) in [6, 6.07) is 1.65. The molecule has 0 amide bonds. The molecule has 1 saturated carbocycles. The quantitative estimate of drug-likeness (QED) is 0.841. The fraction of sp³-hybridized carbons (Fsp3) is 0.833. The minimum absolute atomic E-state index is 0.350. The largest absolute Gasteiger partial charge is 0.407 e. The molecule has 1 aromatic rings. The minimum Gasteiger partial charge on any atom is -0.407 e. The summed E-state index contributed by atoms with van der Waals surface area (Å²) in [6.45, 7) is 5.14. The molecule has 0 bridgehead atoms. The molecule has 6 nitrogen and oxygen atoms in total. The molecule has 1 saturated heterocycles. The Hall–Kier alpha value is -1.14. The van der Waals surface area contributed by atoms with E-state index in [9.17, 15) is 0 Å². The first kappa shape index (κ1) is 11.9. The third kappa shape index (κ3) is 2.64. The zero-order chi connectivity index (χ0) is 12.4. The smallest absolute Gasteiger partial charge is 0.318 e. The van der Waals surface area contributed by atoms with Crippen LogP contribution in [-0.2, 0) is 11.3 Å². The van der Waals surface area contributed by atoms with Gasteiger partial charge in [0.2, 0.25) is 5.89 Å². The number of aromatic nitrogens is 2. The molecule has 6 heteroatoms. The Morgan fingerprint density at radius 3 is 3.06 bits per heavy atom. The molecule has 0 spiro atoms. The summed E-state index contributed by atoms with van der Waals surface area (Å²) in [4.78, 5) is 2.16. The van der Waals surface area contributed by atoms with Crippen LogP contribution in [0.15, 0.2) is 4.42 Å². The molecule has 18 heavy (non-hydrogen) atoms. The van der Waals surface area contributed by atoms with E-state index in [0.29, 0.717) is 30.5 Å². The van der Waals surface area contributed by atoms with Gasteiger partial charge in [0.05, 0.1) is 25.8 Å². The monoisotopic (exact) mass is 252 g/mol. The highest BCUT2D eigenvalue weighted by atomic mass is 16.5. The number of anilines is 1. The number of hydrogen-bond donors (Lipinski definition) is 1. The average molecular weight is 252 g/mol. The summed E-state index contributed by atoms with van der Waals surface area (Å²) in [5, 5.41) is 11.6. The summed E-state index contributed by atoms with van der Waals surface area (Å²) < 4.78 is 11.2. The first-order chi connectivity index (χ1) is 8.86. The first-order valence-electron chi connectivity index (χ1n) is 6.77. The van der Waals surface area contributed by atoms with Gasteiger partial charge in [-0.05, 0) is 19.3 Å². The molecule has 0 radical (unpaired) electrons. The maximum Gasteiger partial charge on any atom is 0.318 e. The van der Waals surface area contributed by atoms with Crippen LogP contribution in [0.3, 0.4) is 0 Å². The van der Waals surface area contributed by atoms with Crippen LogP contribution < -0.4 is 10.2 Å². The van der Waals surface area contributed by atoms with E-state index in [1.54, 1.807) is 0 Å². The molecule has 0 aromatic carbocycles. The van der Waals surface area contributed by atoms with Gasteiger partial charge in [0.1, 0.15) is 0 Å². The molecule has 1 aromatic heterocycles. The second-order valence-electron chi connectivity index (χ2n) is 4.96. The lowest BCUT2D eigenvalue weighted by atomic mass is 10.2. The standard InChI is InChI=1S/C12H20N4O2/c1-2-10-8-17-6-5-16(10)12-15-14-11(18-12)7-13-9-3-4-9/h9-10,13H,2-8H2,1H3. The second kappa shape index (κ2) is 5.24. The molecule has 2 aliphatic rings. The minimum atomic E-state index is 0.350. The number of rotatable bonds is 5. The molecule has 3 rings (SSSR count). The van der Waals surface area contributed by atoms with Crippen molar-refractivity contribution >= 4 is 6.01 Å². The van der Waals surface area contributed by atoms with Crippen LogP contribution in [0, 0.1) is 0 Å². The summed E-state index contributed by atoms with van der Waals surface area (Å²) in [6.07, 6.45) is 3.56. The number of nitrogens with one attached hydrogen (secondary N) is 1. The predicted octanol–water partition coefficient (Wildman–Crippen LogP) is 0.937. The van der Waals surface area contributed by atoms with E-state index in [-0.39, 0.29) is 0 Å². The van der Waals surface area contributed by atoms with Gasteiger partial charge in [-0.1, -0.05) is 12.0 Å². The van der Waals surface area contributed by atoms with Gasteiger partial charge in [0.15, 0.2) is 0 Å². The van der Waals surface area contributed by atoms with E-state index in [2.05, 4.69) is 27.3 Å². The fourth-order valence-electron chi connectivity index (χ4n) is 2.20. The maximum absolute atomic E-state index is 5.72. The van der Waals surface area contributed by atoms with E-state index < -0.39 is 0 Å². The van der Waals surface area contributed by atoms with Crippen LogP contribution in [0.4, 0.5) is 6.01 Å². The Bertz CT molecular complexity index is 391. The van der Waals surface area contributed by atoms with Crippen LogP contribution in [0.1, 0.15) is 32.1 Å². The van der Waals surface area contributed by atoms with E-state index >= 15 is 0 Å². The van der Waals surface area contributed by atoms with Gasteiger partial charge in [-0.3, -0.25) is 0 Å². The predicted molar refractivity (Wildman–Crippen MR) is 66.4 cm³/mol. The molecule has 2 fully saturated rings. The fourth-order valence-corrected chi connectivity index (χ4v) is 2.20. The van der Waals surface area contributed by atoms with Crippen molar-refractivity contribution in [2.24, 2.45) is 0 Å². The van der Waals surface area contributed by atoms with Gasteiger partial charge in [0, 0.05) is 12.6 Å². The lowest BCUT2D eigenvalue weighted by Gasteiger charge is -2.33. The molecule has 1 unspecified atom stereocenters. The Balaban J connectivity index is 1.62. The summed E-state index contributed by atoms with van der Waals surface area (Å²) >= 11 is 0. The molecular formula is C12H20N4O2. The first-order valence-corrected chi connectivity index (χ1v) is 6.77. The molecule has 100 valence electrons. The molecular weight excluding hydrogens is 232 g/mol. The van der Waals surface area contributed by atoms with Gasteiger partial charge in [0.25, 0.3) is 0 Å². The number of nitrogens with zero attached hydrogens (tertiary/aromatic N) is 3. The number of hydrogen-bond acceptors (Lipinski definition) is 6. The third-order valence-electron chi connectivity index (χ3n) is 3.52. The zero-order valence-electron chi connectivity index (χ0n) is 10.8. The van der Waals surface area contributed by atoms with Crippen LogP contribution >= 0.6 is 0 Å². The highest BCUT2D eigenvalue weighted by molar-refractivity contribution is 5.27. The Kier molecular flexibility index (Phi) is 3.47. The Labute approximate surface area is 107 Å². The van der Waals surface area contributed by atoms with Gasteiger partial charge >= 0.3 is 6.01 Å². The van der Waals surface area contributed by atoms with Crippen LogP contribution in [0.2, 0.25) is 0 Å². The van der Waals surface area contributed by atoms with Gasteiger partial charge < -0.3 is 19.4 Å². The third-order valence-corrected chi connectivity index (χ3v) is 3.52. The molecule has 1 aliphatic carbocycles. The van der Waals surface area contributed by atoms with E-state index in [4.69, 9.17) is 9.15 Å². The van der Waals surface area contributed by atoms with Crippen molar-refractivity contribution in [3.05, 3.63) is 5.89 Å². The highest BCUT2D eigenvalue weighted by Crippen LogP contribution is 2.21. The van der Waals surface area contributed by atoms with Crippen molar-refractivity contribution in [1.82, 2.24) is 15.5 Å². The molecule has 1 N–H and O–H groups in total. The Morgan fingerprint density at radius 1 is 1.39 bits per heavy atom. The second-order valence-corrected chi connectivity index (χ2v) is 4.96. The summed E-state index contributed by atoms with van der Waals surface area (Å²) in [7, 11) is 0. The van der Waals surface area contributed by atoms with Crippen LogP contribution in [0.25, 0.3) is 0 Å². The van der Waals surface area contributed by atoms with Gasteiger partial charge in [-0.2, -0.15) is 0 Å². The van der Waals surface area contributed by atoms with Crippen LogP contribution in [0.5, 0.6) is 0 Å². The number of morpholine rings is 1. The van der Waals surface area contributed by atoms with Crippen molar-refractivity contribution in [3.63, 3.8) is 0 Å². The van der Waals surface area contributed by atoms with E-state index in [0.717, 1.165) is 26.2 Å². The zero-order valence-corrected chi connectivity index (χ0v) is 10.8. The molecule has 2 heterocycles. The molecule has 1 aliphatic heterocycles. The topological polar surface area (TPSA) is 63.4 Å². The average Bonchev–Trinajstić information content (AvgIpc) is 3.13. The Morgan fingerprint density at radius 2 is 2.28 bits per heavy atom. The summed E-state index contributed by atoms with van der Waals surface area (Å²) in [5.74, 6) is 0.679. The van der Waals surface area contributed by atoms with Crippen molar-refractivity contribution in [3.8, 4) is 0 Å². The highest BCUT2D eigenvalue weighted by Gasteiger charge is 2.26. The van der Waals surface area contributed by atoms with Crippen molar-refractivity contribution < 1.29 is 9.15 Å².